The van der Waals surface area contributed by atoms with Crippen LogP contribution in [0.1, 0.15) is 86.7 Å². The standard InChI is InChI=1S/C38H48N6O6/c1-22-14-23(2)41-36(46)32(22)20-40-35(45)31-18-29-16-28(21-43(29)34(24(31)3)25(4)42-10-12-48-13-11-42)26-15-27(19-39)30-8-9-44(33(30)17-26)50-37(47)49-38(5,6)7/h15-18,21-23,25,32H,8-14,20H2,1-7H3,(H,40,45)(H,41,46). The molecule has 50 heavy (non-hydrogen) atoms. The lowest BCUT2D eigenvalue weighted by Crippen LogP contribution is -2.50. The summed E-state index contributed by atoms with van der Waals surface area (Å²) in [5.41, 5.74) is 6.11. The molecule has 2 N–H and O–H groups in total. The highest BCUT2D eigenvalue weighted by Crippen LogP contribution is 2.38. The summed E-state index contributed by atoms with van der Waals surface area (Å²) >= 11 is 0. The zero-order valence-corrected chi connectivity index (χ0v) is 30.1. The van der Waals surface area contributed by atoms with Crippen molar-refractivity contribution in [1.29, 1.82) is 5.26 Å². The van der Waals surface area contributed by atoms with Gasteiger partial charge in [0.15, 0.2) is 0 Å². The summed E-state index contributed by atoms with van der Waals surface area (Å²) in [5, 5.41) is 17.7. The predicted molar refractivity (Wildman–Crippen MR) is 189 cm³/mol. The molecule has 0 aliphatic carbocycles. The molecule has 6 rings (SSSR count). The van der Waals surface area contributed by atoms with E-state index in [9.17, 15) is 19.6 Å². The van der Waals surface area contributed by atoms with Crippen LogP contribution in [0.15, 0.2) is 30.5 Å². The number of anilines is 1. The number of aromatic nitrogens is 1. The first-order valence-electron chi connectivity index (χ1n) is 17.6. The summed E-state index contributed by atoms with van der Waals surface area (Å²) in [4.78, 5) is 47.2. The number of nitrogens with one attached hydrogen (secondary N) is 2. The minimum atomic E-state index is -0.806. The van der Waals surface area contributed by atoms with Gasteiger partial charge in [-0.05, 0) is 101 Å². The van der Waals surface area contributed by atoms with Gasteiger partial charge in [0, 0.05) is 60.3 Å². The fraction of sp³-hybridized carbons (Fsp3) is 0.526. The molecule has 12 heteroatoms. The smallest absolute Gasteiger partial charge is 0.427 e. The maximum Gasteiger partial charge on any atom is 0.533 e. The highest BCUT2D eigenvalue weighted by Gasteiger charge is 2.33. The second kappa shape index (κ2) is 14.0. The van der Waals surface area contributed by atoms with Crippen LogP contribution in [0.2, 0.25) is 0 Å². The largest absolute Gasteiger partial charge is 0.533 e. The molecule has 1 aromatic carbocycles. The summed E-state index contributed by atoms with van der Waals surface area (Å²) in [6.07, 6.45) is 2.66. The normalized spacial score (nSPS) is 21.7. The van der Waals surface area contributed by atoms with Crippen molar-refractivity contribution in [3.05, 3.63) is 58.4 Å². The van der Waals surface area contributed by atoms with Crippen LogP contribution in [0.3, 0.4) is 0 Å². The highest BCUT2D eigenvalue weighted by molar-refractivity contribution is 5.98. The van der Waals surface area contributed by atoms with Crippen molar-refractivity contribution in [2.45, 2.75) is 79.0 Å². The van der Waals surface area contributed by atoms with Crippen molar-refractivity contribution in [2.75, 3.05) is 44.5 Å². The molecule has 2 fully saturated rings. The molecule has 0 spiro atoms. The topological polar surface area (TPSA) is 138 Å². The zero-order chi connectivity index (χ0) is 35.9. The Morgan fingerprint density at radius 1 is 1.12 bits per heavy atom. The Balaban J connectivity index is 1.38. The molecule has 3 aliphatic heterocycles. The molecule has 5 heterocycles. The van der Waals surface area contributed by atoms with E-state index in [1.54, 1.807) is 20.8 Å². The van der Waals surface area contributed by atoms with Gasteiger partial charge in [-0.1, -0.05) is 6.92 Å². The van der Waals surface area contributed by atoms with E-state index in [4.69, 9.17) is 14.3 Å². The lowest BCUT2D eigenvalue weighted by Gasteiger charge is -2.34. The molecule has 4 unspecified atom stereocenters. The van der Waals surface area contributed by atoms with Crippen molar-refractivity contribution in [3.63, 3.8) is 0 Å². The number of piperidine rings is 1. The highest BCUT2D eigenvalue weighted by atomic mass is 16.8. The van der Waals surface area contributed by atoms with Gasteiger partial charge in [-0.25, -0.2) is 9.86 Å². The van der Waals surface area contributed by atoms with Gasteiger partial charge in [-0.2, -0.15) is 5.26 Å². The average Bonchev–Trinajstić information content (AvgIpc) is 3.66. The van der Waals surface area contributed by atoms with Crippen LogP contribution >= 0.6 is 0 Å². The maximum absolute atomic E-state index is 13.9. The Morgan fingerprint density at radius 3 is 2.54 bits per heavy atom. The van der Waals surface area contributed by atoms with Crippen LogP contribution in [0.25, 0.3) is 16.6 Å². The van der Waals surface area contributed by atoms with Gasteiger partial charge in [0.2, 0.25) is 5.91 Å². The van der Waals surface area contributed by atoms with Gasteiger partial charge in [-0.3, -0.25) is 14.5 Å². The summed E-state index contributed by atoms with van der Waals surface area (Å²) < 4.78 is 13.2. The number of pyridine rings is 1. The molecule has 2 aromatic heterocycles. The van der Waals surface area contributed by atoms with Crippen molar-refractivity contribution in [1.82, 2.24) is 19.9 Å². The maximum atomic E-state index is 13.9. The second-order valence-electron chi connectivity index (χ2n) is 14.9. The molecule has 0 radical (unpaired) electrons. The SMILES string of the molecule is Cc1c(C(=O)NCC2C(=O)NC(C)CC2C)cc2cc(-c3cc(C#N)c4c(c3)N(OC(=O)OC(C)(C)C)CC4)cn2c1C(C)N1CCOCC1. The van der Waals surface area contributed by atoms with Gasteiger partial charge in [-0.15, -0.1) is 0 Å². The first kappa shape index (κ1) is 35.2. The monoisotopic (exact) mass is 684 g/mol. The Kier molecular flexibility index (Phi) is 9.84. The third kappa shape index (κ3) is 7.16. The van der Waals surface area contributed by atoms with Crippen molar-refractivity contribution in [2.24, 2.45) is 11.8 Å². The van der Waals surface area contributed by atoms with Crippen LogP contribution < -0.4 is 15.7 Å². The number of morpholine rings is 1. The number of fused-ring (bicyclic) bond motifs is 2. The molecule has 4 atom stereocenters. The summed E-state index contributed by atoms with van der Waals surface area (Å²) in [6.45, 7) is 17.0. The molecule has 3 aliphatic rings. The van der Waals surface area contributed by atoms with E-state index in [1.807, 2.05) is 44.3 Å². The molecular weight excluding hydrogens is 636 g/mol. The molecule has 2 saturated heterocycles. The van der Waals surface area contributed by atoms with Crippen molar-refractivity contribution >= 4 is 29.2 Å². The van der Waals surface area contributed by atoms with Crippen LogP contribution in [0.5, 0.6) is 0 Å². The lowest BCUT2D eigenvalue weighted by atomic mass is 9.84. The molecular formula is C38H48N6O6. The van der Waals surface area contributed by atoms with Crippen LogP contribution in [0, 0.1) is 30.1 Å². The van der Waals surface area contributed by atoms with Gasteiger partial charge in [0.1, 0.15) is 5.60 Å². The molecule has 2 amide bonds. The van der Waals surface area contributed by atoms with Crippen LogP contribution in [-0.2, 0) is 25.5 Å². The Morgan fingerprint density at radius 2 is 1.86 bits per heavy atom. The molecule has 12 nitrogen and oxygen atoms in total. The Labute approximate surface area is 293 Å². The van der Waals surface area contributed by atoms with Crippen molar-refractivity contribution in [3.8, 4) is 17.2 Å². The number of hydroxylamine groups is 1. The summed E-state index contributed by atoms with van der Waals surface area (Å²) in [6, 6.07) is 10.1. The molecule has 0 saturated carbocycles. The molecule has 3 aromatic rings. The Bertz CT molecular complexity index is 1850. The van der Waals surface area contributed by atoms with E-state index < -0.39 is 11.8 Å². The third-order valence-corrected chi connectivity index (χ3v) is 10.1. The number of nitrogens with zero attached hydrogens (tertiary/aromatic N) is 4. The number of benzene rings is 1. The third-order valence-electron chi connectivity index (χ3n) is 10.1. The quantitative estimate of drug-likeness (QED) is 0.318. The van der Waals surface area contributed by atoms with E-state index in [1.165, 1.54) is 5.06 Å². The Hall–Kier alpha value is -4.60. The number of hydrogen-bond acceptors (Lipinski definition) is 9. The van der Waals surface area contributed by atoms with E-state index in [0.717, 1.165) is 53.0 Å². The van der Waals surface area contributed by atoms with Crippen LogP contribution in [-0.4, -0.2) is 78.3 Å². The number of rotatable bonds is 7. The van der Waals surface area contributed by atoms with E-state index in [2.05, 4.69) is 39.9 Å². The van der Waals surface area contributed by atoms with E-state index >= 15 is 0 Å². The number of hydrogen-bond donors (Lipinski definition) is 2. The fourth-order valence-electron chi connectivity index (χ4n) is 7.60. The average molecular weight is 685 g/mol. The van der Waals surface area contributed by atoms with E-state index in [0.29, 0.717) is 43.0 Å². The summed E-state index contributed by atoms with van der Waals surface area (Å²) in [5.74, 6) is -0.383. The van der Waals surface area contributed by atoms with Gasteiger partial charge in [0.25, 0.3) is 5.91 Å². The van der Waals surface area contributed by atoms with Crippen molar-refractivity contribution < 1.29 is 28.7 Å². The van der Waals surface area contributed by atoms with Crippen LogP contribution in [0.4, 0.5) is 10.5 Å². The number of ether oxygens (including phenoxy) is 2. The van der Waals surface area contributed by atoms with E-state index in [-0.39, 0.29) is 42.3 Å². The minimum Gasteiger partial charge on any atom is -0.427 e. The van der Waals surface area contributed by atoms with Gasteiger partial charge >= 0.3 is 6.16 Å². The first-order valence-corrected chi connectivity index (χ1v) is 17.6. The van der Waals surface area contributed by atoms with Gasteiger partial charge < -0.3 is 29.3 Å². The fourth-order valence-corrected chi connectivity index (χ4v) is 7.60. The second-order valence-corrected chi connectivity index (χ2v) is 14.9. The number of carbonyl (C=O) groups is 3. The predicted octanol–water partition coefficient (Wildman–Crippen LogP) is 5.30. The number of amides is 2. The first-order chi connectivity index (χ1) is 23.7. The molecule has 266 valence electrons. The number of carbonyl (C=O) groups excluding carboxylic acids is 3. The lowest BCUT2D eigenvalue weighted by molar-refractivity contribution is -0.129. The van der Waals surface area contributed by atoms with Gasteiger partial charge in [0.05, 0.1) is 43.0 Å². The molecule has 0 bridgehead atoms. The minimum absolute atomic E-state index is 0.0253. The number of nitriles is 1. The summed E-state index contributed by atoms with van der Waals surface area (Å²) in [7, 11) is 0. The zero-order valence-electron chi connectivity index (χ0n) is 30.1.